The third-order valence-electron chi connectivity index (χ3n) is 3.37. The summed E-state index contributed by atoms with van der Waals surface area (Å²) in [5, 5.41) is 3.35. The molecule has 0 atom stereocenters. The van der Waals surface area contributed by atoms with Gasteiger partial charge < -0.3 is 5.73 Å². The smallest absolute Gasteiger partial charge is 0.107 e. The van der Waals surface area contributed by atoms with Crippen molar-refractivity contribution in [1.29, 1.82) is 0 Å². The van der Waals surface area contributed by atoms with Gasteiger partial charge >= 0.3 is 0 Å². The molecule has 0 radical (unpaired) electrons. The largest absolute Gasteiger partial charge is 0.329 e. The third kappa shape index (κ3) is 7.19. The summed E-state index contributed by atoms with van der Waals surface area (Å²) in [5.74, 6) is 0. The standard InChI is InChI=1S/C17H25N3S.2ClH/c1-17(2,3)15-13-21-16(19-15)12-20(10-9-18)11-14-7-5-4-6-8-14;;/h4-8,13H,9-12,18H2,1-3H3;2*1H. The minimum absolute atomic E-state index is 0. The summed E-state index contributed by atoms with van der Waals surface area (Å²) in [6.45, 7) is 9.95. The fourth-order valence-electron chi connectivity index (χ4n) is 2.16. The number of hydrogen-bond acceptors (Lipinski definition) is 4. The number of benzene rings is 1. The monoisotopic (exact) mass is 375 g/mol. The van der Waals surface area contributed by atoms with E-state index in [1.165, 1.54) is 16.3 Å². The van der Waals surface area contributed by atoms with Gasteiger partial charge in [0, 0.05) is 30.4 Å². The first-order valence-corrected chi connectivity index (χ1v) is 8.28. The maximum absolute atomic E-state index is 5.75. The van der Waals surface area contributed by atoms with Crippen LogP contribution in [-0.2, 0) is 18.5 Å². The molecular formula is C17H27Cl2N3S. The zero-order valence-electron chi connectivity index (χ0n) is 14.0. The fraction of sp³-hybridized carbons (Fsp3) is 0.471. The van der Waals surface area contributed by atoms with Crippen molar-refractivity contribution in [3.63, 3.8) is 0 Å². The number of thiazole rings is 1. The maximum atomic E-state index is 5.75. The van der Waals surface area contributed by atoms with Gasteiger partial charge in [-0.25, -0.2) is 4.98 Å². The summed E-state index contributed by atoms with van der Waals surface area (Å²) in [5.41, 5.74) is 8.36. The number of halogens is 2. The van der Waals surface area contributed by atoms with E-state index in [1.54, 1.807) is 11.3 Å². The molecule has 2 aromatic rings. The van der Waals surface area contributed by atoms with E-state index in [0.717, 1.165) is 19.6 Å². The van der Waals surface area contributed by atoms with Gasteiger partial charge in [-0.05, 0) is 5.56 Å². The Hall–Kier alpha value is -0.650. The van der Waals surface area contributed by atoms with Crippen LogP contribution in [0.1, 0.15) is 37.0 Å². The summed E-state index contributed by atoms with van der Waals surface area (Å²) in [6.07, 6.45) is 0. The van der Waals surface area contributed by atoms with Crippen LogP contribution in [0.5, 0.6) is 0 Å². The van der Waals surface area contributed by atoms with E-state index in [0.29, 0.717) is 6.54 Å². The van der Waals surface area contributed by atoms with E-state index in [2.05, 4.69) is 55.3 Å². The van der Waals surface area contributed by atoms with Gasteiger partial charge in [0.2, 0.25) is 0 Å². The fourth-order valence-corrected chi connectivity index (χ4v) is 3.22. The quantitative estimate of drug-likeness (QED) is 0.820. The second-order valence-corrected chi connectivity index (χ2v) is 7.30. The highest BCUT2D eigenvalue weighted by molar-refractivity contribution is 7.09. The lowest BCUT2D eigenvalue weighted by Crippen LogP contribution is -2.28. The van der Waals surface area contributed by atoms with Gasteiger partial charge in [0.05, 0.1) is 12.2 Å². The van der Waals surface area contributed by atoms with Crippen molar-refractivity contribution < 1.29 is 0 Å². The van der Waals surface area contributed by atoms with E-state index in [4.69, 9.17) is 10.7 Å². The second-order valence-electron chi connectivity index (χ2n) is 6.36. The van der Waals surface area contributed by atoms with E-state index >= 15 is 0 Å². The van der Waals surface area contributed by atoms with E-state index in [9.17, 15) is 0 Å². The average Bonchev–Trinajstić information content (AvgIpc) is 2.89. The summed E-state index contributed by atoms with van der Waals surface area (Å²) < 4.78 is 0. The molecule has 0 saturated heterocycles. The Kier molecular flexibility index (Phi) is 9.97. The van der Waals surface area contributed by atoms with Gasteiger partial charge in [-0.3, -0.25) is 4.90 Å². The van der Waals surface area contributed by atoms with Crippen LogP contribution in [-0.4, -0.2) is 23.0 Å². The highest BCUT2D eigenvalue weighted by Crippen LogP contribution is 2.24. The van der Waals surface area contributed by atoms with Crippen molar-refractivity contribution in [2.24, 2.45) is 5.73 Å². The first kappa shape index (κ1) is 22.4. The topological polar surface area (TPSA) is 42.1 Å². The Morgan fingerprint density at radius 3 is 2.26 bits per heavy atom. The normalized spacial score (nSPS) is 11.0. The van der Waals surface area contributed by atoms with E-state index in [-0.39, 0.29) is 30.2 Å². The van der Waals surface area contributed by atoms with Gasteiger partial charge in [-0.2, -0.15) is 0 Å². The molecule has 6 heteroatoms. The van der Waals surface area contributed by atoms with E-state index < -0.39 is 0 Å². The molecule has 0 unspecified atom stereocenters. The molecule has 23 heavy (non-hydrogen) atoms. The number of hydrogen-bond donors (Lipinski definition) is 1. The SMILES string of the molecule is CC(C)(C)c1csc(CN(CCN)Cc2ccccc2)n1.Cl.Cl. The molecular weight excluding hydrogens is 349 g/mol. The van der Waals surface area contributed by atoms with Crippen LogP contribution >= 0.6 is 36.2 Å². The Balaban J connectivity index is 0.00000242. The van der Waals surface area contributed by atoms with Crippen LogP contribution in [0.25, 0.3) is 0 Å². The molecule has 0 bridgehead atoms. The van der Waals surface area contributed by atoms with Crippen LogP contribution in [0, 0.1) is 0 Å². The number of nitrogens with zero attached hydrogens (tertiary/aromatic N) is 2. The lowest BCUT2D eigenvalue weighted by Gasteiger charge is -2.20. The molecule has 2 N–H and O–H groups in total. The molecule has 1 heterocycles. The molecule has 0 aliphatic carbocycles. The molecule has 0 fully saturated rings. The average molecular weight is 376 g/mol. The Morgan fingerprint density at radius 2 is 1.74 bits per heavy atom. The highest BCUT2D eigenvalue weighted by Gasteiger charge is 2.18. The van der Waals surface area contributed by atoms with Gasteiger partial charge in [0.1, 0.15) is 5.01 Å². The molecule has 0 spiro atoms. The van der Waals surface area contributed by atoms with Crippen molar-refractivity contribution in [3.05, 3.63) is 52.0 Å². The van der Waals surface area contributed by atoms with Crippen molar-refractivity contribution >= 4 is 36.2 Å². The first-order chi connectivity index (χ1) is 9.99. The first-order valence-electron chi connectivity index (χ1n) is 7.40. The van der Waals surface area contributed by atoms with Crippen LogP contribution < -0.4 is 5.73 Å². The molecule has 1 aromatic carbocycles. The maximum Gasteiger partial charge on any atom is 0.107 e. The van der Waals surface area contributed by atoms with Crippen molar-refractivity contribution in [2.75, 3.05) is 13.1 Å². The van der Waals surface area contributed by atoms with Gasteiger partial charge in [0.25, 0.3) is 0 Å². The van der Waals surface area contributed by atoms with Gasteiger partial charge in [-0.15, -0.1) is 36.2 Å². The van der Waals surface area contributed by atoms with Gasteiger partial charge in [0.15, 0.2) is 0 Å². The molecule has 0 aliphatic heterocycles. The predicted molar refractivity (Wildman–Crippen MR) is 105 cm³/mol. The number of rotatable bonds is 6. The Bertz CT molecular complexity index is 552. The van der Waals surface area contributed by atoms with Crippen LogP contribution in [0.3, 0.4) is 0 Å². The number of aromatic nitrogens is 1. The minimum Gasteiger partial charge on any atom is -0.329 e. The van der Waals surface area contributed by atoms with Crippen LogP contribution in [0.15, 0.2) is 35.7 Å². The molecule has 0 aliphatic rings. The molecule has 0 saturated carbocycles. The van der Waals surface area contributed by atoms with Crippen LogP contribution in [0.4, 0.5) is 0 Å². The van der Waals surface area contributed by atoms with Crippen molar-refractivity contribution in [1.82, 2.24) is 9.88 Å². The summed E-state index contributed by atoms with van der Waals surface area (Å²) in [4.78, 5) is 7.14. The third-order valence-corrected chi connectivity index (χ3v) is 4.21. The molecule has 130 valence electrons. The zero-order valence-corrected chi connectivity index (χ0v) is 16.4. The zero-order chi connectivity index (χ0) is 15.3. The van der Waals surface area contributed by atoms with E-state index in [1.807, 2.05) is 6.07 Å². The highest BCUT2D eigenvalue weighted by atomic mass is 35.5. The molecule has 2 rings (SSSR count). The lowest BCUT2D eigenvalue weighted by atomic mass is 9.93. The minimum atomic E-state index is 0. The summed E-state index contributed by atoms with van der Waals surface area (Å²) in [7, 11) is 0. The van der Waals surface area contributed by atoms with Crippen molar-refractivity contribution in [3.8, 4) is 0 Å². The van der Waals surface area contributed by atoms with Crippen molar-refractivity contribution in [2.45, 2.75) is 39.3 Å². The molecule has 0 amide bonds. The second kappa shape index (κ2) is 10.3. The molecule has 3 nitrogen and oxygen atoms in total. The summed E-state index contributed by atoms with van der Waals surface area (Å²) in [6, 6.07) is 10.5. The Labute approximate surface area is 156 Å². The van der Waals surface area contributed by atoms with Crippen LogP contribution in [0.2, 0.25) is 0 Å². The molecule has 1 aromatic heterocycles. The lowest BCUT2D eigenvalue weighted by molar-refractivity contribution is 0.263. The predicted octanol–water partition coefficient (Wildman–Crippen LogP) is 4.25. The number of nitrogens with two attached hydrogens (primary N) is 1. The Morgan fingerprint density at radius 1 is 1.09 bits per heavy atom. The summed E-state index contributed by atoms with van der Waals surface area (Å²) >= 11 is 1.75. The van der Waals surface area contributed by atoms with Gasteiger partial charge in [-0.1, -0.05) is 51.1 Å².